The van der Waals surface area contributed by atoms with Crippen LogP contribution in [0.5, 0.6) is 0 Å². The molecule has 6 nitrogen and oxygen atoms in total. The van der Waals surface area contributed by atoms with Gasteiger partial charge in [-0.15, -0.1) is 0 Å². The first-order chi connectivity index (χ1) is 14.1. The molecular formula is C22H21N5OS. The highest BCUT2D eigenvalue weighted by Gasteiger charge is 2.24. The molecule has 1 saturated heterocycles. The number of amides is 1. The van der Waals surface area contributed by atoms with E-state index in [1.54, 1.807) is 23.7 Å². The Morgan fingerprint density at radius 2 is 1.72 bits per heavy atom. The molecule has 3 heterocycles. The molecule has 2 aromatic carbocycles. The van der Waals surface area contributed by atoms with E-state index < -0.39 is 0 Å². The average molecular weight is 404 g/mol. The minimum Gasteiger partial charge on any atom is -0.345 e. The van der Waals surface area contributed by atoms with Crippen LogP contribution in [-0.4, -0.2) is 51.9 Å². The number of carbonyl (C=O) groups excluding carboxylic acids is 1. The summed E-state index contributed by atoms with van der Waals surface area (Å²) in [5, 5.41) is 1.04. The van der Waals surface area contributed by atoms with Crippen LogP contribution in [0.15, 0.2) is 42.7 Å². The maximum Gasteiger partial charge on any atom is 0.254 e. The zero-order chi connectivity index (χ0) is 20.0. The van der Waals surface area contributed by atoms with E-state index in [4.69, 9.17) is 4.98 Å². The molecule has 1 aliphatic rings. The summed E-state index contributed by atoms with van der Waals surface area (Å²) in [6.07, 6.45) is 3.31. The summed E-state index contributed by atoms with van der Waals surface area (Å²) in [5.74, 6) is 0.0490. The molecule has 0 N–H and O–H groups in total. The Bertz CT molecular complexity index is 1230. The van der Waals surface area contributed by atoms with Gasteiger partial charge in [-0.2, -0.15) is 0 Å². The predicted molar refractivity (Wildman–Crippen MR) is 117 cm³/mol. The summed E-state index contributed by atoms with van der Waals surface area (Å²) >= 11 is 1.73. The minimum atomic E-state index is 0.0490. The molecule has 0 bridgehead atoms. The maximum absolute atomic E-state index is 13.0. The highest BCUT2D eigenvalue weighted by molar-refractivity contribution is 7.22. The normalized spacial score (nSPS) is 14.7. The lowest BCUT2D eigenvalue weighted by atomic mass is 10.1. The SMILES string of the molecule is Cc1ccc2sc(N3CCN(C(=O)c4ccc5nccnc5c4)CC3)nc2c1C. The number of hydrogen-bond acceptors (Lipinski definition) is 6. The number of fused-ring (bicyclic) bond motifs is 2. The molecule has 0 aliphatic carbocycles. The van der Waals surface area contributed by atoms with Gasteiger partial charge in [-0.1, -0.05) is 17.4 Å². The summed E-state index contributed by atoms with van der Waals surface area (Å²) in [6, 6.07) is 9.84. The zero-order valence-electron chi connectivity index (χ0n) is 16.4. The van der Waals surface area contributed by atoms with Gasteiger partial charge < -0.3 is 9.80 Å². The third kappa shape index (κ3) is 3.21. The second-order valence-electron chi connectivity index (χ2n) is 7.39. The molecule has 4 aromatic rings. The van der Waals surface area contributed by atoms with Gasteiger partial charge in [-0.3, -0.25) is 14.8 Å². The summed E-state index contributed by atoms with van der Waals surface area (Å²) < 4.78 is 1.22. The van der Waals surface area contributed by atoms with E-state index in [-0.39, 0.29) is 5.91 Å². The topological polar surface area (TPSA) is 62.2 Å². The molecule has 0 atom stereocenters. The summed E-state index contributed by atoms with van der Waals surface area (Å²) in [7, 11) is 0. The van der Waals surface area contributed by atoms with Crippen molar-refractivity contribution < 1.29 is 4.79 Å². The fraction of sp³-hybridized carbons (Fsp3) is 0.273. The van der Waals surface area contributed by atoms with Gasteiger partial charge in [0.25, 0.3) is 5.91 Å². The lowest BCUT2D eigenvalue weighted by Crippen LogP contribution is -2.48. The largest absolute Gasteiger partial charge is 0.345 e. The van der Waals surface area contributed by atoms with Crippen molar-refractivity contribution in [3.63, 3.8) is 0 Å². The van der Waals surface area contributed by atoms with Crippen LogP contribution in [0, 0.1) is 13.8 Å². The number of benzene rings is 2. The molecule has 5 rings (SSSR count). The second-order valence-corrected chi connectivity index (χ2v) is 8.40. The third-order valence-corrected chi connectivity index (χ3v) is 6.71. The predicted octanol–water partition coefficient (Wildman–Crippen LogP) is 3.82. The Morgan fingerprint density at radius 1 is 0.966 bits per heavy atom. The van der Waals surface area contributed by atoms with Crippen molar-refractivity contribution in [3.8, 4) is 0 Å². The molecule has 2 aromatic heterocycles. The van der Waals surface area contributed by atoms with Gasteiger partial charge in [0.05, 0.1) is 21.3 Å². The molecule has 0 unspecified atom stereocenters. The Balaban J connectivity index is 1.32. The van der Waals surface area contributed by atoms with Crippen LogP contribution in [-0.2, 0) is 0 Å². The average Bonchev–Trinajstić information content (AvgIpc) is 3.21. The number of rotatable bonds is 2. The second kappa shape index (κ2) is 7.08. The first-order valence-electron chi connectivity index (χ1n) is 9.72. The molecule has 0 spiro atoms. The number of nitrogens with zero attached hydrogens (tertiary/aromatic N) is 5. The third-order valence-electron chi connectivity index (χ3n) is 5.63. The molecular weight excluding hydrogens is 382 g/mol. The molecule has 7 heteroatoms. The van der Waals surface area contributed by atoms with E-state index in [1.807, 2.05) is 23.1 Å². The van der Waals surface area contributed by atoms with Crippen LogP contribution in [0.1, 0.15) is 21.5 Å². The maximum atomic E-state index is 13.0. The monoisotopic (exact) mass is 403 g/mol. The van der Waals surface area contributed by atoms with Crippen molar-refractivity contribution in [3.05, 3.63) is 59.4 Å². The number of aromatic nitrogens is 3. The van der Waals surface area contributed by atoms with Crippen molar-refractivity contribution in [2.75, 3.05) is 31.1 Å². The number of carbonyl (C=O) groups is 1. The van der Waals surface area contributed by atoms with Crippen LogP contribution in [0.4, 0.5) is 5.13 Å². The highest BCUT2D eigenvalue weighted by Crippen LogP contribution is 2.32. The van der Waals surface area contributed by atoms with E-state index in [9.17, 15) is 4.79 Å². The van der Waals surface area contributed by atoms with E-state index in [1.165, 1.54) is 15.8 Å². The van der Waals surface area contributed by atoms with Crippen molar-refractivity contribution >= 4 is 43.6 Å². The Labute approximate surface area is 172 Å². The molecule has 29 heavy (non-hydrogen) atoms. The Morgan fingerprint density at radius 3 is 2.52 bits per heavy atom. The fourth-order valence-corrected chi connectivity index (χ4v) is 4.81. The summed E-state index contributed by atoms with van der Waals surface area (Å²) in [5.41, 5.74) is 5.83. The van der Waals surface area contributed by atoms with Crippen LogP contribution < -0.4 is 4.90 Å². The molecule has 0 radical (unpaired) electrons. The van der Waals surface area contributed by atoms with Crippen molar-refractivity contribution in [1.29, 1.82) is 0 Å². The molecule has 1 amide bonds. The van der Waals surface area contributed by atoms with E-state index in [0.29, 0.717) is 18.7 Å². The number of aryl methyl sites for hydroxylation is 2. The van der Waals surface area contributed by atoms with E-state index in [2.05, 4.69) is 40.8 Å². The fourth-order valence-electron chi connectivity index (χ4n) is 3.73. The number of piperazine rings is 1. The van der Waals surface area contributed by atoms with Crippen molar-refractivity contribution in [2.24, 2.45) is 0 Å². The van der Waals surface area contributed by atoms with Gasteiger partial charge in [0.1, 0.15) is 0 Å². The molecule has 0 saturated carbocycles. The lowest BCUT2D eigenvalue weighted by Gasteiger charge is -2.34. The van der Waals surface area contributed by atoms with Crippen LogP contribution in [0.3, 0.4) is 0 Å². The number of thiazole rings is 1. The molecule has 1 aliphatic heterocycles. The van der Waals surface area contributed by atoms with Gasteiger partial charge in [0.2, 0.25) is 0 Å². The lowest BCUT2D eigenvalue weighted by molar-refractivity contribution is 0.0747. The standard InChI is InChI=1S/C22H21N5OS/c1-14-3-6-19-20(15(14)2)25-22(29-19)27-11-9-26(10-12-27)21(28)16-4-5-17-18(13-16)24-8-7-23-17/h3-8,13H,9-12H2,1-2H3. The smallest absolute Gasteiger partial charge is 0.254 e. The van der Waals surface area contributed by atoms with Crippen LogP contribution >= 0.6 is 11.3 Å². The number of anilines is 1. The van der Waals surface area contributed by atoms with Gasteiger partial charge in [0, 0.05) is 44.1 Å². The molecule has 146 valence electrons. The summed E-state index contributed by atoms with van der Waals surface area (Å²) in [6.45, 7) is 7.20. The van der Waals surface area contributed by atoms with E-state index >= 15 is 0 Å². The van der Waals surface area contributed by atoms with Gasteiger partial charge >= 0.3 is 0 Å². The Kier molecular flexibility index (Phi) is 4.39. The minimum absolute atomic E-state index is 0.0490. The highest BCUT2D eigenvalue weighted by atomic mass is 32.1. The Hall–Kier alpha value is -3.06. The zero-order valence-corrected chi connectivity index (χ0v) is 17.2. The van der Waals surface area contributed by atoms with Gasteiger partial charge in [-0.05, 0) is 49.2 Å². The summed E-state index contributed by atoms with van der Waals surface area (Å²) in [4.78, 5) is 30.6. The van der Waals surface area contributed by atoms with Gasteiger partial charge in [-0.25, -0.2) is 4.98 Å². The van der Waals surface area contributed by atoms with Crippen molar-refractivity contribution in [2.45, 2.75) is 13.8 Å². The van der Waals surface area contributed by atoms with Crippen LogP contribution in [0.2, 0.25) is 0 Å². The van der Waals surface area contributed by atoms with E-state index in [0.717, 1.165) is 34.8 Å². The quantitative estimate of drug-likeness (QED) is 0.509. The number of hydrogen-bond donors (Lipinski definition) is 0. The first kappa shape index (κ1) is 18.0. The van der Waals surface area contributed by atoms with Crippen molar-refractivity contribution in [1.82, 2.24) is 19.9 Å². The first-order valence-corrected chi connectivity index (χ1v) is 10.5. The van der Waals surface area contributed by atoms with Crippen LogP contribution in [0.25, 0.3) is 21.3 Å². The molecule has 1 fully saturated rings. The van der Waals surface area contributed by atoms with Gasteiger partial charge in [0.15, 0.2) is 5.13 Å².